The lowest BCUT2D eigenvalue weighted by molar-refractivity contribution is 0.0707. The molecule has 2 rings (SSSR count). The van der Waals surface area contributed by atoms with Crippen molar-refractivity contribution in [1.29, 1.82) is 0 Å². The summed E-state index contributed by atoms with van der Waals surface area (Å²) in [6, 6.07) is 10.6. The quantitative estimate of drug-likeness (QED) is 0.280. The van der Waals surface area contributed by atoms with E-state index in [1.807, 2.05) is 57.2 Å². The number of alkyl carbamates (subject to hydrolysis) is 1. The Morgan fingerprint density at radius 1 is 1.14 bits per heavy atom. The van der Waals surface area contributed by atoms with Crippen LogP contribution < -0.4 is 5.32 Å². The van der Waals surface area contributed by atoms with E-state index in [1.54, 1.807) is 0 Å². The third kappa shape index (κ3) is 8.28. The molecule has 0 saturated carbocycles. The second kappa shape index (κ2) is 12.8. The zero-order valence-electron chi connectivity index (χ0n) is 17.6. The third-order valence-electron chi connectivity index (χ3n) is 4.33. The molecule has 162 valence electrons. The number of nitrogens with one attached hydrogen (secondary N) is 1. The summed E-state index contributed by atoms with van der Waals surface area (Å²) in [6.45, 7) is 8.80. The van der Waals surface area contributed by atoms with Gasteiger partial charge in [-0.05, 0) is 44.4 Å². The van der Waals surface area contributed by atoms with Crippen LogP contribution in [0.25, 0.3) is 5.57 Å². The van der Waals surface area contributed by atoms with Gasteiger partial charge in [0, 0.05) is 32.4 Å². The molecule has 29 heavy (non-hydrogen) atoms. The summed E-state index contributed by atoms with van der Waals surface area (Å²) in [5.41, 5.74) is 2.14. The molecule has 7 nitrogen and oxygen atoms in total. The molecule has 0 spiro atoms. The first-order valence-electron chi connectivity index (χ1n) is 10.3. The topological polar surface area (TPSA) is 78.6 Å². The van der Waals surface area contributed by atoms with Crippen molar-refractivity contribution >= 4 is 20.5 Å². The van der Waals surface area contributed by atoms with Gasteiger partial charge in [-0.2, -0.15) is 0 Å². The summed E-state index contributed by atoms with van der Waals surface area (Å²) in [5.74, 6) is 0. The molecular weight excluding hydrogens is 390 g/mol. The second-order valence-corrected chi connectivity index (χ2v) is 9.19. The highest BCUT2D eigenvalue weighted by Gasteiger charge is 2.39. The van der Waals surface area contributed by atoms with E-state index in [1.165, 1.54) is 0 Å². The van der Waals surface area contributed by atoms with E-state index in [0.717, 1.165) is 11.1 Å². The molecule has 1 saturated heterocycles. The standard InChI is InChI=1S/C21H33NO6Si/c1-4-26-29(27-5-2,28-6-3)16-10-14-22-21(23)24-15-13-19(20-17-25-20)18-11-8-7-9-12-18/h7-9,11-13,20H,4-6,10,14-17H2,1-3H3,(H,22,23). The molecule has 1 N–H and O–H groups in total. The molecule has 1 heterocycles. The molecule has 1 fully saturated rings. The SMILES string of the molecule is CCO[Si](CCCNC(=O)OCC=C(c1ccccc1)C1CO1)(OCC)OCC. The van der Waals surface area contributed by atoms with Gasteiger partial charge in [0.2, 0.25) is 0 Å². The fourth-order valence-corrected chi connectivity index (χ4v) is 5.66. The Morgan fingerprint density at radius 3 is 2.31 bits per heavy atom. The average Bonchev–Trinajstić information content (AvgIpc) is 3.55. The van der Waals surface area contributed by atoms with Crippen LogP contribution in [0.3, 0.4) is 0 Å². The van der Waals surface area contributed by atoms with Gasteiger partial charge in [0.15, 0.2) is 0 Å². The molecule has 1 atom stereocenters. The summed E-state index contributed by atoms with van der Waals surface area (Å²) in [7, 11) is -2.67. The van der Waals surface area contributed by atoms with Crippen LogP contribution in [0.1, 0.15) is 32.8 Å². The summed E-state index contributed by atoms with van der Waals surface area (Å²) < 4.78 is 28.1. The van der Waals surface area contributed by atoms with E-state index in [2.05, 4.69) is 5.32 Å². The summed E-state index contributed by atoms with van der Waals surface area (Å²) >= 11 is 0. The first kappa shape index (κ1) is 23.6. The van der Waals surface area contributed by atoms with Crippen LogP contribution in [0.4, 0.5) is 4.79 Å². The third-order valence-corrected chi connectivity index (χ3v) is 7.48. The Balaban J connectivity index is 1.73. The van der Waals surface area contributed by atoms with E-state index in [0.29, 0.717) is 45.4 Å². The number of carbonyl (C=O) groups excluding carboxylic acids is 1. The molecular formula is C21H33NO6Si. The van der Waals surface area contributed by atoms with Gasteiger partial charge in [-0.15, -0.1) is 0 Å². The molecule has 1 aromatic rings. The highest BCUT2D eigenvalue weighted by atomic mass is 28.4. The molecule has 1 aliphatic heterocycles. The first-order chi connectivity index (χ1) is 14.1. The normalized spacial score (nSPS) is 16.5. The fourth-order valence-electron chi connectivity index (χ4n) is 3.05. The summed E-state index contributed by atoms with van der Waals surface area (Å²) in [5, 5.41) is 2.77. The van der Waals surface area contributed by atoms with Crippen molar-refractivity contribution in [3.8, 4) is 0 Å². The van der Waals surface area contributed by atoms with Gasteiger partial charge in [-0.1, -0.05) is 30.3 Å². The van der Waals surface area contributed by atoms with Crippen molar-refractivity contribution in [3.63, 3.8) is 0 Å². The van der Waals surface area contributed by atoms with E-state index < -0.39 is 14.9 Å². The number of ether oxygens (including phenoxy) is 2. The van der Waals surface area contributed by atoms with Crippen LogP contribution >= 0.6 is 0 Å². The molecule has 1 aromatic carbocycles. The first-order valence-corrected chi connectivity index (χ1v) is 12.3. The minimum Gasteiger partial charge on any atom is -0.445 e. The van der Waals surface area contributed by atoms with E-state index in [-0.39, 0.29) is 12.7 Å². The van der Waals surface area contributed by atoms with Gasteiger partial charge in [0.25, 0.3) is 0 Å². The van der Waals surface area contributed by atoms with Crippen LogP contribution in [-0.2, 0) is 22.8 Å². The van der Waals surface area contributed by atoms with Gasteiger partial charge in [-0.3, -0.25) is 0 Å². The van der Waals surface area contributed by atoms with Gasteiger partial charge >= 0.3 is 14.9 Å². The minimum atomic E-state index is -2.67. The fraction of sp³-hybridized carbons (Fsp3) is 0.571. The largest absolute Gasteiger partial charge is 0.500 e. The summed E-state index contributed by atoms with van der Waals surface area (Å²) in [6.07, 6.45) is 2.26. The van der Waals surface area contributed by atoms with Crippen LogP contribution in [0, 0.1) is 0 Å². The van der Waals surface area contributed by atoms with E-state index >= 15 is 0 Å². The van der Waals surface area contributed by atoms with Crippen molar-refractivity contribution in [2.45, 2.75) is 39.3 Å². The highest BCUT2D eigenvalue weighted by molar-refractivity contribution is 6.60. The molecule has 0 aromatic heterocycles. The minimum absolute atomic E-state index is 0.0952. The zero-order valence-corrected chi connectivity index (χ0v) is 18.6. The van der Waals surface area contributed by atoms with Crippen LogP contribution in [0.2, 0.25) is 6.04 Å². The van der Waals surface area contributed by atoms with Crippen LogP contribution in [0.15, 0.2) is 36.4 Å². The van der Waals surface area contributed by atoms with Gasteiger partial charge in [0.1, 0.15) is 12.7 Å². The van der Waals surface area contributed by atoms with Gasteiger partial charge in [-0.25, -0.2) is 4.79 Å². The Kier molecular flexibility index (Phi) is 10.4. The molecule has 1 unspecified atom stereocenters. The Bertz CT molecular complexity index is 618. The molecule has 8 heteroatoms. The van der Waals surface area contributed by atoms with Crippen molar-refractivity contribution in [1.82, 2.24) is 5.32 Å². The van der Waals surface area contributed by atoms with Crippen molar-refractivity contribution in [2.75, 3.05) is 39.6 Å². The molecule has 0 bridgehead atoms. The number of benzene rings is 1. The molecule has 1 amide bonds. The van der Waals surface area contributed by atoms with Crippen molar-refractivity contribution < 1.29 is 27.5 Å². The van der Waals surface area contributed by atoms with Gasteiger partial charge < -0.3 is 28.1 Å². The number of rotatable bonds is 14. The number of hydrogen-bond donors (Lipinski definition) is 1. The Hall–Kier alpha value is -1.71. The molecule has 1 aliphatic rings. The number of carbonyl (C=O) groups is 1. The lowest BCUT2D eigenvalue weighted by Gasteiger charge is -2.28. The highest BCUT2D eigenvalue weighted by Crippen LogP contribution is 2.28. The lowest BCUT2D eigenvalue weighted by atomic mass is 10.0. The predicted molar refractivity (Wildman–Crippen MR) is 114 cm³/mol. The average molecular weight is 424 g/mol. The monoisotopic (exact) mass is 423 g/mol. The maximum absolute atomic E-state index is 12.0. The Labute approximate surface area is 174 Å². The molecule has 0 aliphatic carbocycles. The van der Waals surface area contributed by atoms with Crippen molar-refractivity contribution in [3.05, 3.63) is 42.0 Å². The maximum atomic E-state index is 12.0. The molecule has 0 radical (unpaired) electrons. The maximum Gasteiger partial charge on any atom is 0.500 e. The van der Waals surface area contributed by atoms with Crippen LogP contribution in [-0.4, -0.2) is 60.6 Å². The number of epoxide rings is 1. The summed E-state index contributed by atoms with van der Waals surface area (Å²) in [4.78, 5) is 12.0. The van der Waals surface area contributed by atoms with E-state index in [9.17, 15) is 4.79 Å². The number of amides is 1. The van der Waals surface area contributed by atoms with Crippen LogP contribution in [0.5, 0.6) is 0 Å². The van der Waals surface area contributed by atoms with E-state index in [4.69, 9.17) is 22.8 Å². The van der Waals surface area contributed by atoms with Crippen molar-refractivity contribution in [2.24, 2.45) is 0 Å². The van der Waals surface area contributed by atoms with Gasteiger partial charge in [0.05, 0.1) is 6.61 Å². The Morgan fingerprint density at radius 2 is 1.76 bits per heavy atom. The predicted octanol–water partition coefficient (Wildman–Crippen LogP) is 3.63. The number of hydrogen-bond acceptors (Lipinski definition) is 6. The zero-order chi connectivity index (χ0) is 21.0. The second-order valence-electron chi connectivity index (χ2n) is 6.46. The smallest absolute Gasteiger partial charge is 0.445 e. The lowest BCUT2D eigenvalue weighted by Crippen LogP contribution is -2.46.